The molecule has 0 amide bonds. The SMILES string of the molecule is C[C@H](O)[C@H](O)C1CNc2[nH]c(=O)[nH]c(=O)c2N1. The summed E-state index contributed by atoms with van der Waals surface area (Å²) in [6.45, 7) is 1.75. The number of aromatic nitrogens is 2. The fourth-order valence-electron chi connectivity index (χ4n) is 1.75. The van der Waals surface area contributed by atoms with E-state index in [9.17, 15) is 19.8 Å². The van der Waals surface area contributed by atoms with Gasteiger partial charge in [-0.3, -0.25) is 14.8 Å². The molecule has 2 rings (SSSR count). The summed E-state index contributed by atoms with van der Waals surface area (Å²) in [5, 5.41) is 24.6. The quantitative estimate of drug-likeness (QED) is 0.356. The molecule has 3 atom stereocenters. The van der Waals surface area contributed by atoms with Crippen molar-refractivity contribution in [2.75, 3.05) is 17.2 Å². The van der Waals surface area contributed by atoms with Gasteiger partial charge in [0.15, 0.2) is 0 Å². The van der Waals surface area contributed by atoms with Crippen molar-refractivity contribution in [1.82, 2.24) is 9.97 Å². The molecule has 0 bridgehead atoms. The van der Waals surface area contributed by atoms with Crippen molar-refractivity contribution in [2.45, 2.75) is 25.2 Å². The van der Waals surface area contributed by atoms with E-state index >= 15 is 0 Å². The third-order valence-corrected chi connectivity index (χ3v) is 2.68. The molecule has 0 spiro atoms. The zero-order chi connectivity index (χ0) is 12.6. The Hall–Kier alpha value is -1.80. The predicted molar refractivity (Wildman–Crippen MR) is 61.3 cm³/mol. The molecule has 0 radical (unpaired) electrons. The van der Waals surface area contributed by atoms with E-state index in [-0.39, 0.29) is 11.5 Å². The van der Waals surface area contributed by atoms with Crippen LogP contribution in [0.1, 0.15) is 6.92 Å². The zero-order valence-electron chi connectivity index (χ0n) is 9.15. The van der Waals surface area contributed by atoms with Gasteiger partial charge in [-0.2, -0.15) is 0 Å². The number of hydrogen-bond donors (Lipinski definition) is 6. The van der Waals surface area contributed by atoms with Gasteiger partial charge in [-0.25, -0.2) is 4.79 Å². The second-order valence-corrected chi connectivity index (χ2v) is 4.02. The monoisotopic (exact) mass is 242 g/mol. The number of aromatic amines is 2. The first-order valence-corrected chi connectivity index (χ1v) is 5.22. The molecule has 1 unspecified atom stereocenters. The van der Waals surface area contributed by atoms with E-state index in [4.69, 9.17) is 0 Å². The molecule has 1 aliphatic rings. The van der Waals surface area contributed by atoms with Crippen molar-refractivity contribution in [1.29, 1.82) is 0 Å². The molecule has 0 aliphatic carbocycles. The topological polar surface area (TPSA) is 130 Å². The van der Waals surface area contributed by atoms with E-state index in [0.29, 0.717) is 6.54 Å². The number of H-pyrrole nitrogens is 2. The van der Waals surface area contributed by atoms with Crippen LogP contribution in [0.4, 0.5) is 11.5 Å². The lowest BCUT2D eigenvalue weighted by Crippen LogP contribution is -2.49. The Morgan fingerprint density at radius 1 is 1.29 bits per heavy atom. The second kappa shape index (κ2) is 4.22. The van der Waals surface area contributed by atoms with Gasteiger partial charge in [-0.1, -0.05) is 0 Å². The van der Waals surface area contributed by atoms with Crippen LogP contribution in [0, 0.1) is 0 Å². The van der Waals surface area contributed by atoms with Gasteiger partial charge in [0.05, 0.1) is 12.1 Å². The van der Waals surface area contributed by atoms with Crippen LogP contribution < -0.4 is 21.9 Å². The largest absolute Gasteiger partial charge is 0.391 e. The summed E-state index contributed by atoms with van der Waals surface area (Å²) in [6.07, 6.45) is -1.93. The number of rotatable bonds is 2. The Labute approximate surface area is 95.7 Å². The van der Waals surface area contributed by atoms with Crippen molar-refractivity contribution in [3.8, 4) is 0 Å². The maximum absolute atomic E-state index is 11.5. The molecule has 8 heteroatoms. The first-order chi connectivity index (χ1) is 7.99. The van der Waals surface area contributed by atoms with Gasteiger partial charge in [0.1, 0.15) is 17.6 Å². The number of aliphatic hydroxyl groups is 2. The summed E-state index contributed by atoms with van der Waals surface area (Å²) < 4.78 is 0. The lowest BCUT2D eigenvalue weighted by Gasteiger charge is -2.31. The van der Waals surface area contributed by atoms with E-state index in [1.54, 1.807) is 0 Å². The number of nitrogens with one attached hydrogen (secondary N) is 4. The molecule has 0 aromatic carbocycles. The zero-order valence-corrected chi connectivity index (χ0v) is 9.15. The molecule has 2 heterocycles. The summed E-state index contributed by atoms with van der Waals surface area (Å²) in [5.74, 6) is 0.285. The smallest absolute Gasteiger partial charge is 0.327 e. The van der Waals surface area contributed by atoms with Crippen molar-refractivity contribution < 1.29 is 10.2 Å². The Balaban J connectivity index is 2.31. The lowest BCUT2D eigenvalue weighted by molar-refractivity contribution is 0.0214. The highest BCUT2D eigenvalue weighted by molar-refractivity contribution is 5.65. The third-order valence-electron chi connectivity index (χ3n) is 2.68. The van der Waals surface area contributed by atoms with Crippen LogP contribution in [-0.4, -0.2) is 45.0 Å². The summed E-state index contributed by atoms with van der Waals surface area (Å²) >= 11 is 0. The first-order valence-electron chi connectivity index (χ1n) is 5.22. The highest BCUT2D eigenvalue weighted by Gasteiger charge is 2.28. The molecular formula is C9H14N4O4. The standard InChI is InChI=1S/C9H14N4O4/c1-3(14)6(15)4-2-10-7-5(11-4)8(16)13-9(17)12-7/h3-4,6,11,14-15H,2H2,1H3,(H3,10,12,13,16,17)/t3-,4?,6-/m0/s1. The summed E-state index contributed by atoms with van der Waals surface area (Å²) in [4.78, 5) is 27.0. The molecule has 6 N–H and O–H groups in total. The van der Waals surface area contributed by atoms with E-state index in [0.717, 1.165) is 0 Å². The van der Waals surface area contributed by atoms with Gasteiger partial charge in [-0.15, -0.1) is 0 Å². The summed E-state index contributed by atoms with van der Waals surface area (Å²) in [7, 11) is 0. The first kappa shape index (κ1) is 11.7. The van der Waals surface area contributed by atoms with Crippen LogP contribution in [0.15, 0.2) is 9.59 Å². The molecule has 1 aliphatic heterocycles. The van der Waals surface area contributed by atoms with Gasteiger partial charge >= 0.3 is 5.69 Å². The molecule has 1 aromatic heterocycles. The average Bonchev–Trinajstić information content (AvgIpc) is 2.27. The highest BCUT2D eigenvalue weighted by atomic mass is 16.3. The minimum atomic E-state index is -1.01. The van der Waals surface area contributed by atoms with Crippen molar-refractivity contribution in [3.05, 3.63) is 20.8 Å². The Bertz CT molecular complexity index is 520. The van der Waals surface area contributed by atoms with Gasteiger partial charge in [0.2, 0.25) is 0 Å². The van der Waals surface area contributed by atoms with Gasteiger partial charge in [0.25, 0.3) is 5.56 Å². The van der Waals surface area contributed by atoms with Gasteiger partial charge < -0.3 is 20.8 Å². The number of fused-ring (bicyclic) bond motifs is 1. The highest BCUT2D eigenvalue weighted by Crippen LogP contribution is 2.19. The molecule has 0 saturated heterocycles. The molecule has 1 aromatic rings. The average molecular weight is 242 g/mol. The number of anilines is 2. The summed E-state index contributed by atoms with van der Waals surface area (Å²) in [6, 6.07) is -0.505. The van der Waals surface area contributed by atoms with E-state index in [2.05, 4.69) is 20.6 Å². The molecule has 94 valence electrons. The maximum Gasteiger partial charge on any atom is 0.327 e. The Morgan fingerprint density at radius 2 is 2.00 bits per heavy atom. The third kappa shape index (κ3) is 2.17. The van der Waals surface area contributed by atoms with Crippen molar-refractivity contribution in [3.63, 3.8) is 0 Å². The molecule has 0 fully saturated rings. The van der Waals surface area contributed by atoms with Crippen LogP contribution in [0.2, 0.25) is 0 Å². The predicted octanol–water partition coefficient (Wildman–Crippen LogP) is -1.99. The van der Waals surface area contributed by atoms with Crippen LogP contribution in [-0.2, 0) is 0 Å². The van der Waals surface area contributed by atoms with E-state index in [1.165, 1.54) is 6.92 Å². The molecule has 17 heavy (non-hydrogen) atoms. The van der Waals surface area contributed by atoms with Crippen LogP contribution in [0.5, 0.6) is 0 Å². The van der Waals surface area contributed by atoms with Crippen molar-refractivity contribution >= 4 is 11.5 Å². The van der Waals surface area contributed by atoms with E-state index < -0.39 is 29.5 Å². The number of aliphatic hydroxyl groups excluding tert-OH is 2. The van der Waals surface area contributed by atoms with Gasteiger partial charge in [-0.05, 0) is 6.92 Å². The minimum Gasteiger partial charge on any atom is -0.391 e. The van der Waals surface area contributed by atoms with Crippen LogP contribution in [0.3, 0.4) is 0 Å². The van der Waals surface area contributed by atoms with Crippen molar-refractivity contribution in [2.24, 2.45) is 0 Å². The maximum atomic E-state index is 11.5. The van der Waals surface area contributed by atoms with Crippen LogP contribution >= 0.6 is 0 Å². The normalized spacial score (nSPS) is 21.9. The van der Waals surface area contributed by atoms with Gasteiger partial charge in [0, 0.05) is 6.54 Å². The Morgan fingerprint density at radius 3 is 2.65 bits per heavy atom. The fourth-order valence-corrected chi connectivity index (χ4v) is 1.75. The number of hydrogen-bond acceptors (Lipinski definition) is 6. The molecule has 8 nitrogen and oxygen atoms in total. The van der Waals surface area contributed by atoms with E-state index in [1.807, 2.05) is 0 Å². The molecule has 0 saturated carbocycles. The molecular weight excluding hydrogens is 228 g/mol. The summed E-state index contributed by atoms with van der Waals surface area (Å²) in [5.41, 5.74) is -1.02. The van der Waals surface area contributed by atoms with Crippen LogP contribution in [0.25, 0.3) is 0 Å². The Kier molecular flexibility index (Phi) is 2.90. The fraction of sp³-hybridized carbons (Fsp3) is 0.556. The second-order valence-electron chi connectivity index (χ2n) is 4.02. The lowest BCUT2D eigenvalue weighted by atomic mass is 10.0. The minimum absolute atomic E-state index is 0.153.